The molecule has 0 aliphatic rings. The molecule has 0 amide bonds. The van der Waals surface area contributed by atoms with Crippen LogP contribution in [-0.4, -0.2) is 16.8 Å². The van der Waals surface area contributed by atoms with Crippen LogP contribution in [0.1, 0.15) is 0 Å². The molecule has 11 heteroatoms. The molecule has 0 aliphatic carbocycles. The van der Waals surface area contributed by atoms with E-state index in [2.05, 4.69) is 9.44 Å². The summed E-state index contributed by atoms with van der Waals surface area (Å²) in [6, 6.07) is 15.7. The van der Waals surface area contributed by atoms with Gasteiger partial charge in [-0.1, -0.05) is 46.9 Å². The average Bonchev–Trinajstić information content (AvgIpc) is 2.63. The SMILES string of the molecule is O=S(=O)(Nc1cccc(Cl)c1)c1ccc(NS(=O)(=O)c2cccc(Cl)c2Cl)cc1. The van der Waals surface area contributed by atoms with Gasteiger partial charge in [0.15, 0.2) is 0 Å². The van der Waals surface area contributed by atoms with Gasteiger partial charge in [0.05, 0.1) is 20.6 Å². The van der Waals surface area contributed by atoms with Crippen molar-refractivity contribution in [1.82, 2.24) is 0 Å². The van der Waals surface area contributed by atoms with E-state index in [0.29, 0.717) is 10.7 Å². The van der Waals surface area contributed by atoms with Crippen molar-refractivity contribution in [2.45, 2.75) is 9.79 Å². The molecule has 3 aromatic rings. The molecular weight excluding hydrogens is 479 g/mol. The van der Waals surface area contributed by atoms with E-state index in [0.717, 1.165) is 0 Å². The summed E-state index contributed by atoms with van der Waals surface area (Å²) in [5.74, 6) is 0. The number of hydrogen-bond donors (Lipinski definition) is 2. The van der Waals surface area contributed by atoms with E-state index in [4.69, 9.17) is 34.8 Å². The number of benzene rings is 3. The molecule has 0 spiro atoms. The molecule has 0 aromatic heterocycles. The molecule has 0 saturated heterocycles. The van der Waals surface area contributed by atoms with Crippen molar-refractivity contribution in [3.8, 4) is 0 Å². The van der Waals surface area contributed by atoms with Gasteiger partial charge in [-0.25, -0.2) is 16.8 Å². The third-order valence-electron chi connectivity index (χ3n) is 3.70. The van der Waals surface area contributed by atoms with Crippen LogP contribution in [0.25, 0.3) is 0 Å². The normalized spacial score (nSPS) is 11.8. The topological polar surface area (TPSA) is 92.3 Å². The van der Waals surface area contributed by atoms with Crippen LogP contribution in [0.3, 0.4) is 0 Å². The van der Waals surface area contributed by atoms with E-state index < -0.39 is 20.0 Å². The highest BCUT2D eigenvalue weighted by molar-refractivity contribution is 7.93. The first-order valence-electron chi connectivity index (χ1n) is 7.94. The van der Waals surface area contributed by atoms with E-state index in [-0.39, 0.29) is 25.5 Å². The largest absolute Gasteiger partial charge is 0.280 e. The third-order valence-corrected chi connectivity index (χ3v) is 7.69. The molecule has 6 nitrogen and oxygen atoms in total. The number of hydrogen-bond acceptors (Lipinski definition) is 4. The summed E-state index contributed by atoms with van der Waals surface area (Å²) in [6.45, 7) is 0. The Labute approximate surface area is 183 Å². The molecule has 29 heavy (non-hydrogen) atoms. The van der Waals surface area contributed by atoms with Gasteiger partial charge in [-0.15, -0.1) is 0 Å². The Bertz CT molecular complexity index is 1260. The van der Waals surface area contributed by atoms with Crippen molar-refractivity contribution in [2.75, 3.05) is 9.44 Å². The molecule has 0 atom stereocenters. The van der Waals surface area contributed by atoms with Gasteiger partial charge >= 0.3 is 0 Å². The van der Waals surface area contributed by atoms with Crippen LogP contribution in [-0.2, 0) is 20.0 Å². The van der Waals surface area contributed by atoms with Gasteiger partial charge in [0.2, 0.25) is 0 Å². The predicted octanol–water partition coefficient (Wildman–Crippen LogP) is 5.25. The van der Waals surface area contributed by atoms with Gasteiger partial charge in [-0.3, -0.25) is 9.44 Å². The van der Waals surface area contributed by atoms with Gasteiger partial charge in [0, 0.05) is 10.7 Å². The lowest BCUT2D eigenvalue weighted by molar-refractivity contribution is 0.600. The maximum Gasteiger partial charge on any atom is 0.263 e. The van der Waals surface area contributed by atoms with E-state index >= 15 is 0 Å². The van der Waals surface area contributed by atoms with Crippen LogP contribution < -0.4 is 9.44 Å². The van der Waals surface area contributed by atoms with Crippen molar-refractivity contribution in [3.63, 3.8) is 0 Å². The summed E-state index contributed by atoms with van der Waals surface area (Å²) in [5, 5.41) is 0.379. The zero-order chi connectivity index (χ0) is 21.2. The number of halogens is 3. The second-order valence-electron chi connectivity index (χ2n) is 5.80. The molecular formula is C18H13Cl3N2O4S2. The summed E-state index contributed by atoms with van der Waals surface area (Å²) >= 11 is 17.7. The Kier molecular flexibility index (Phi) is 6.30. The highest BCUT2D eigenvalue weighted by atomic mass is 35.5. The molecule has 0 radical (unpaired) electrons. The fourth-order valence-electron chi connectivity index (χ4n) is 2.37. The first kappa shape index (κ1) is 21.7. The monoisotopic (exact) mass is 490 g/mol. The Morgan fingerprint density at radius 2 is 1.28 bits per heavy atom. The number of nitrogens with one attached hydrogen (secondary N) is 2. The average molecular weight is 492 g/mol. The predicted molar refractivity (Wildman–Crippen MR) is 116 cm³/mol. The summed E-state index contributed by atoms with van der Waals surface area (Å²) in [6.07, 6.45) is 0. The fraction of sp³-hybridized carbons (Fsp3) is 0. The Morgan fingerprint density at radius 1 is 0.655 bits per heavy atom. The molecule has 152 valence electrons. The minimum Gasteiger partial charge on any atom is -0.280 e. The van der Waals surface area contributed by atoms with Gasteiger partial charge in [0.1, 0.15) is 4.90 Å². The van der Waals surface area contributed by atoms with Crippen molar-refractivity contribution < 1.29 is 16.8 Å². The van der Waals surface area contributed by atoms with Crippen molar-refractivity contribution >= 4 is 66.2 Å². The molecule has 0 saturated carbocycles. The fourth-order valence-corrected chi connectivity index (χ4v) is 5.43. The van der Waals surface area contributed by atoms with Crippen molar-refractivity contribution in [3.05, 3.63) is 81.8 Å². The van der Waals surface area contributed by atoms with Crippen molar-refractivity contribution in [2.24, 2.45) is 0 Å². The Morgan fingerprint density at radius 3 is 1.93 bits per heavy atom. The molecule has 0 bridgehead atoms. The molecule has 0 fully saturated rings. The standard InChI is InChI=1S/C18H13Cl3N2O4S2/c19-12-3-1-4-14(11-12)23-28(24,25)15-9-7-13(8-10-15)22-29(26,27)17-6-2-5-16(20)18(17)21/h1-11,22-23H. The maximum atomic E-state index is 12.5. The van der Waals surface area contributed by atoms with Crippen LogP contribution in [0.15, 0.2) is 76.5 Å². The quantitative estimate of drug-likeness (QED) is 0.493. The second kappa shape index (κ2) is 8.41. The summed E-state index contributed by atoms with van der Waals surface area (Å²) in [5.41, 5.74) is 0.459. The summed E-state index contributed by atoms with van der Waals surface area (Å²) < 4.78 is 54.8. The summed E-state index contributed by atoms with van der Waals surface area (Å²) in [7, 11) is -7.89. The molecule has 3 aromatic carbocycles. The number of rotatable bonds is 6. The Hall–Kier alpha value is -1.97. The summed E-state index contributed by atoms with van der Waals surface area (Å²) in [4.78, 5) is -0.243. The van der Waals surface area contributed by atoms with E-state index in [1.807, 2.05) is 0 Å². The van der Waals surface area contributed by atoms with Gasteiger partial charge in [-0.2, -0.15) is 0 Å². The van der Waals surface area contributed by atoms with E-state index in [1.54, 1.807) is 18.2 Å². The van der Waals surface area contributed by atoms with Crippen LogP contribution in [0, 0.1) is 0 Å². The lowest BCUT2D eigenvalue weighted by atomic mass is 10.3. The smallest absolute Gasteiger partial charge is 0.263 e. The minimum absolute atomic E-state index is 0.0544. The van der Waals surface area contributed by atoms with E-state index in [1.165, 1.54) is 48.5 Å². The van der Waals surface area contributed by atoms with Crippen LogP contribution in [0.5, 0.6) is 0 Å². The van der Waals surface area contributed by atoms with Crippen molar-refractivity contribution in [1.29, 1.82) is 0 Å². The third kappa shape index (κ3) is 5.15. The highest BCUT2D eigenvalue weighted by Crippen LogP contribution is 2.30. The van der Waals surface area contributed by atoms with Gasteiger partial charge in [0.25, 0.3) is 20.0 Å². The molecule has 0 heterocycles. The van der Waals surface area contributed by atoms with Crippen LogP contribution in [0.4, 0.5) is 11.4 Å². The molecule has 2 N–H and O–H groups in total. The zero-order valence-electron chi connectivity index (χ0n) is 14.4. The van der Waals surface area contributed by atoms with Crippen LogP contribution >= 0.6 is 34.8 Å². The maximum absolute atomic E-state index is 12.5. The highest BCUT2D eigenvalue weighted by Gasteiger charge is 2.20. The van der Waals surface area contributed by atoms with Crippen LogP contribution in [0.2, 0.25) is 15.1 Å². The van der Waals surface area contributed by atoms with Gasteiger partial charge in [-0.05, 0) is 54.6 Å². The first-order chi connectivity index (χ1) is 13.6. The number of sulfonamides is 2. The molecule has 0 aliphatic heterocycles. The second-order valence-corrected chi connectivity index (χ2v) is 10.4. The lowest BCUT2D eigenvalue weighted by Crippen LogP contribution is -2.15. The molecule has 0 unspecified atom stereocenters. The molecule has 3 rings (SSSR count). The van der Waals surface area contributed by atoms with Gasteiger partial charge < -0.3 is 0 Å². The first-order valence-corrected chi connectivity index (χ1v) is 12.0. The zero-order valence-corrected chi connectivity index (χ0v) is 18.3. The number of anilines is 2. The lowest BCUT2D eigenvalue weighted by Gasteiger charge is -2.12. The Balaban J connectivity index is 1.82. The van der Waals surface area contributed by atoms with E-state index in [9.17, 15) is 16.8 Å². The minimum atomic E-state index is -4.01.